The standard InChI is InChI=1S/C22H25BrN2O4/c1-15-11-17(23)8-9-20(15)24-21(26)13-25(2)22(27)16-5-3-6-18(12-16)29-14-19-7-4-10-28-19/h3,5-6,8-9,11-12,19H,4,7,10,13-14H2,1-2H3,(H,24,26). The number of nitrogens with one attached hydrogen (secondary N) is 1. The van der Waals surface area contributed by atoms with E-state index >= 15 is 0 Å². The Hall–Kier alpha value is -2.38. The van der Waals surface area contributed by atoms with Crippen molar-refractivity contribution >= 4 is 33.4 Å². The molecule has 1 fully saturated rings. The molecule has 2 aromatic rings. The van der Waals surface area contributed by atoms with Gasteiger partial charge < -0.3 is 19.7 Å². The van der Waals surface area contributed by atoms with Gasteiger partial charge in [0.25, 0.3) is 5.91 Å². The number of halogens is 1. The summed E-state index contributed by atoms with van der Waals surface area (Å²) in [4.78, 5) is 26.5. The number of hydrogen-bond acceptors (Lipinski definition) is 4. The quantitative estimate of drug-likeness (QED) is 0.677. The summed E-state index contributed by atoms with van der Waals surface area (Å²) in [6.07, 6.45) is 2.16. The number of likely N-dealkylation sites (N-methyl/N-ethyl adjacent to an activating group) is 1. The minimum absolute atomic E-state index is 0.0463. The van der Waals surface area contributed by atoms with E-state index in [1.54, 1.807) is 25.2 Å². The van der Waals surface area contributed by atoms with E-state index in [9.17, 15) is 9.59 Å². The summed E-state index contributed by atoms with van der Waals surface area (Å²) in [7, 11) is 1.61. The van der Waals surface area contributed by atoms with Gasteiger partial charge in [-0.1, -0.05) is 22.0 Å². The van der Waals surface area contributed by atoms with Crippen LogP contribution in [0.1, 0.15) is 28.8 Å². The monoisotopic (exact) mass is 460 g/mol. The highest BCUT2D eigenvalue weighted by Gasteiger charge is 2.18. The number of amides is 2. The lowest BCUT2D eigenvalue weighted by atomic mass is 10.2. The molecule has 0 bridgehead atoms. The first kappa shape index (κ1) is 21.3. The number of rotatable bonds is 7. The second kappa shape index (κ2) is 9.89. The van der Waals surface area contributed by atoms with Crippen molar-refractivity contribution in [1.29, 1.82) is 0 Å². The van der Waals surface area contributed by atoms with E-state index < -0.39 is 0 Å². The maximum absolute atomic E-state index is 12.7. The summed E-state index contributed by atoms with van der Waals surface area (Å²) in [6.45, 7) is 3.12. The van der Waals surface area contributed by atoms with Crippen LogP contribution in [0.15, 0.2) is 46.9 Å². The number of ether oxygens (including phenoxy) is 2. The molecule has 29 heavy (non-hydrogen) atoms. The fraction of sp³-hybridized carbons (Fsp3) is 0.364. The second-order valence-corrected chi connectivity index (χ2v) is 8.06. The molecule has 1 aliphatic heterocycles. The van der Waals surface area contributed by atoms with E-state index in [-0.39, 0.29) is 24.5 Å². The lowest BCUT2D eigenvalue weighted by Gasteiger charge is -2.18. The molecule has 3 rings (SSSR count). The van der Waals surface area contributed by atoms with Crippen LogP contribution < -0.4 is 10.1 Å². The number of anilines is 1. The van der Waals surface area contributed by atoms with Crippen molar-refractivity contribution < 1.29 is 19.1 Å². The van der Waals surface area contributed by atoms with E-state index in [1.165, 1.54) is 4.90 Å². The third-order valence-electron chi connectivity index (χ3n) is 4.73. The predicted molar refractivity (Wildman–Crippen MR) is 115 cm³/mol. The molecule has 0 saturated carbocycles. The molecule has 154 valence electrons. The van der Waals surface area contributed by atoms with Gasteiger partial charge in [0.2, 0.25) is 5.91 Å². The average Bonchev–Trinajstić information content (AvgIpc) is 3.22. The predicted octanol–water partition coefficient (Wildman–Crippen LogP) is 4.03. The van der Waals surface area contributed by atoms with Crippen molar-refractivity contribution in [2.45, 2.75) is 25.9 Å². The second-order valence-electron chi connectivity index (χ2n) is 7.14. The molecular weight excluding hydrogens is 436 g/mol. The molecule has 1 aliphatic rings. The lowest BCUT2D eigenvalue weighted by molar-refractivity contribution is -0.116. The maximum atomic E-state index is 12.7. The minimum atomic E-state index is -0.253. The summed E-state index contributed by atoms with van der Waals surface area (Å²) in [5.74, 6) is 0.127. The van der Waals surface area contributed by atoms with Crippen molar-refractivity contribution in [2.75, 3.05) is 32.1 Å². The minimum Gasteiger partial charge on any atom is -0.491 e. The summed E-state index contributed by atoms with van der Waals surface area (Å²) < 4.78 is 12.3. The van der Waals surface area contributed by atoms with Crippen LogP contribution in [0.3, 0.4) is 0 Å². The number of hydrogen-bond donors (Lipinski definition) is 1. The van der Waals surface area contributed by atoms with Gasteiger partial charge in [-0.05, 0) is 61.7 Å². The molecule has 7 heteroatoms. The Labute approximate surface area is 179 Å². The normalized spacial score (nSPS) is 15.8. The molecule has 6 nitrogen and oxygen atoms in total. The zero-order valence-corrected chi connectivity index (χ0v) is 18.2. The number of aryl methyl sites for hydroxylation is 1. The van der Waals surface area contributed by atoms with Gasteiger partial charge in [-0.15, -0.1) is 0 Å². The van der Waals surface area contributed by atoms with Crippen LogP contribution in [-0.4, -0.2) is 49.6 Å². The van der Waals surface area contributed by atoms with Crippen LogP contribution in [0.2, 0.25) is 0 Å². The fourth-order valence-corrected chi connectivity index (χ4v) is 3.62. The highest BCUT2D eigenvalue weighted by atomic mass is 79.9. The molecule has 1 unspecified atom stereocenters. The summed E-state index contributed by atoms with van der Waals surface area (Å²) in [5.41, 5.74) is 2.14. The van der Waals surface area contributed by atoms with Crippen molar-refractivity contribution in [2.24, 2.45) is 0 Å². The van der Waals surface area contributed by atoms with E-state index in [2.05, 4.69) is 21.2 Å². The van der Waals surface area contributed by atoms with Crippen LogP contribution >= 0.6 is 15.9 Å². The van der Waals surface area contributed by atoms with Crippen molar-refractivity contribution in [1.82, 2.24) is 4.90 Å². The van der Waals surface area contributed by atoms with Gasteiger partial charge in [0.15, 0.2) is 0 Å². The Bertz CT molecular complexity index is 881. The molecule has 2 aromatic carbocycles. The van der Waals surface area contributed by atoms with Gasteiger partial charge >= 0.3 is 0 Å². The largest absolute Gasteiger partial charge is 0.491 e. The number of carbonyl (C=O) groups excluding carboxylic acids is 2. The van der Waals surface area contributed by atoms with Crippen LogP contribution in [0, 0.1) is 6.92 Å². The number of benzene rings is 2. The van der Waals surface area contributed by atoms with Gasteiger partial charge in [0, 0.05) is 29.4 Å². The molecule has 0 aliphatic carbocycles. The molecule has 1 atom stereocenters. The van der Waals surface area contributed by atoms with Crippen LogP contribution in [0.25, 0.3) is 0 Å². The third kappa shape index (κ3) is 6.05. The van der Waals surface area contributed by atoms with Crippen LogP contribution in [0.5, 0.6) is 5.75 Å². The maximum Gasteiger partial charge on any atom is 0.254 e. The van der Waals surface area contributed by atoms with Gasteiger partial charge in [-0.25, -0.2) is 0 Å². The van der Waals surface area contributed by atoms with Crippen molar-refractivity contribution in [3.05, 3.63) is 58.1 Å². The number of carbonyl (C=O) groups is 2. The van der Waals surface area contributed by atoms with E-state index in [1.807, 2.05) is 31.2 Å². The Morgan fingerprint density at radius 3 is 2.83 bits per heavy atom. The molecular formula is C22H25BrN2O4. The van der Waals surface area contributed by atoms with Crippen molar-refractivity contribution in [3.63, 3.8) is 0 Å². The molecule has 1 saturated heterocycles. The first-order valence-electron chi connectivity index (χ1n) is 9.58. The molecule has 1 heterocycles. The zero-order valence-electron chi connectivity index (χ0n) is 16.6. The smallest absolute Gasteiger partial charge is 0.254 e. The Morgan fingerprint density at radius 2 is 2.10 bits per heavy atom. The van der Waals surface area contributed by atoms with Crippen molar-refractivity contribution in [3.8, 4) is 5.75 Å². The Kier molecular flexibility index (Phi) is 7.28. The van der Waals surface area contributed by atoms with Gasteiger partial charge in [0.05, 0.1) is 12.6 Å². The summed E-state index contributed by atoms with van der Waals surface area (Å²) in [5, 5.41) is 2.85. The number of nitrogens with zero attached hydrogens (tertiary/aromatic N) is 1. The summed E-state index contributed by atoms with van der Waals surface area (Å²) in [6, 6.07) is 12.6. The average molecular weight is 461 g/mol. The molecule has 1 N–H and O–H groups in total. The highest BCUT2D eigenvalue weighted by Crippen LogP contribution is 2.20. The molecule has 0 aromatic heterocycles. The van der Waals surface area contributed by atoms with E-state index in [0.717, 1.165) is 35.2 Å². The van der Waals surface area contributed by atoms with Crippen LogP contribution in [0.4, 0.5) is 5.69 Å². The summed E-state index contributed by atoms with van der Waals surface area (Å²) >= 11 is 3.40. The SMILES string of the molecule is Cc1cc(Br)ccc1NC(=O)CN(C)C(=O)c1cccc(OCC2CCCO2)c1. The van der Waals surface area contributed by atoms with E-state index in [0.29, 0.717) is 17.9 Å². The van der Waals surface area contributed by atoms with Gasteiger partial charge in [0.1, 0.15) is 12.4 Å². The lowest BCUT2D eigenvalue weighted by Crippen LogP contribution is -2.35. The van der Waals surface area contributed by atoms with Crippen LogP contribution in [-0.2, 0) is 9.53 Å². The molecule has 0 spiro atoms. The van der Waals surface area contributed by atoms with E-state index in [4.69, 9.17) is 9.47 Å². The highest BCUT2D eigenvalue weighted by molar-refractivity contribution is 9.10. The topological polar surface area (TPSA) is 67.9 Å². The molecule has 2 amide bonds. The first-order valence-corrected chi connectivity index (χ1v) is 10.4. The van der Waals surface area contributed by atoms with Gasteiger partial charge in [-0.2, -0.15) is 0 Å². The zero-order chi connectivity index (χ0) is 20.8. The third-order valence-corrected chi connectivity index (χ3v) is 5.22. The fourth-order valence-electron chi connectivity index (χ4n) is 3.15. The Balaban J connectivity index is 1.56. The first-order chi connectivity index (χ1) is 13.9. The van der Waals surface area contributed by atoms with Gasteiger partial charge in [-0.3, -0.25) is 9.59 Å². The molecule has 0 radical (unpaired) electrons. The Morgan fingerprint density at radius 1 is 1.28 bits per heavy atom.